The van der Waals surface area contributed by atoms with E-state index in [1.54, 1.807) is 66.7 Å². The number of hydrogen-bond donors (Lipinski definition) is 0. The third kappa shape index (κ3) is 4.91. The molecule has 11 heteroatoms. The highest BCUT2D eigenvalue weighted by Crippen LogP contribution is 2.57. The Morgan fingerprint density at radius 2 is 1.50 bits per heavy atom. The zero-order valence-electron chi connectivity index (χ0n) is 23.0. The van der Waals surface area contributed by atoms with Crippen molar-refractivity contribution in [1.29, 1.82) is 0 Å². The number of carbonyl (C=O) groups is 1. The number of esters is 1. The Labute approximate surface area is 243 Å². The maximum absolute atomic E-state index is 14.6. The van der Waals surface area contributed by atoms with E-state index in [2.05, 4.69) is 0 Å². The molecular weight excluding hydrogens is 560 g/mol. The largest absolute Gasteiger partial charge is 0.497 e. The maximum Gasteiger partial charge on any atom is 0.345 e. The molecule has 1 heterocycles. The minimum atomic E-state index is -4.37. The number of ether oxygens (including phenoxy) is 3. The highest BCUT2D eigenvalue weighted by atomic mass is 32.2. The van der Waals surface area contributed by atoms with Crippen LogP contribution >= 0.6 is 0 Å². The second-order valence-corrected chi connectivity index (χ2v) is 11.6. The lowest BCUT2D eigenvalue weighted by Gasteiger charge is -2.34. The number of nitro benzene ring substituents is 1. The minimum absolute atomic E-state index is 0.0139. The summed E-state index contributed by atoms with van der Waals surface area (Å²) in [7, 11) is -1.68. The molecule has 0 N–H and O–H groups in total. The van der Waals surface area contributed by atoms with Crippen LogP contribution in [0.4, 0.5) is 5.69 Å². The predicted molar refractivity (Wildman–Crippen MR) is 153 cm³/mol. The molecule has 1 saturated heterocycles. The van der Waals surface area contributed by atoms with Gasteiger partial charge in [-0.3, -0.25) is 10.1 Å². The lowest BCUT2D eigenvalue weighted by atomic mass is 9.83. The molecule has 0 saturated carbocycles. The number of nitrogens with zero attached hydrogens (tertiary/aromatic N) is 2. The summed E-state index contributed by atoms with van der Waals surface area (Å²) in [5, 5.41) is 11.5. The normalized spacial score (nSPS) is 20.6. The lowest BCUT2D eigenvalue weighted by molar-refractivity contribution is -0.384. The summed E-state index contributed by atoms with van der Waals surface area (Å²) in [5.41, 5.74) is -0.287. The van der Waals surface area contributed by atoms with Crippen LogP contribution in [0.3, 0.4) is 0 Å². The Kier molecular flexibility index (Phi) is 7.83. The number of benzene rings is 4. The van der Waals surface area contributed by atoms with Crippen molar-refractivity contribution in [2.45, 2.75) is 29.7 Å². The van der Waals surface area contributed by atoms with Crippen LogP contribution in [0.1, 0.15) is 34.5 Å². The fourth-order valence-electron chi connectivity index (χ4n) is 5.19. The van der Waals surface area contributed by atoms with Gasteiger partial charge in [0, 0.05) is 12.1 Å². The van der Waals surface area contributed by atoms with Gasteiger partial charge in [-0.25, -0.2) is 13.2 Å². The molecule has 0 radical (unpaired) electrons. The van der Waals surface area contributed by atoms with Gasteiger partial charge in [-0.15, -0.1) is 0 Å². The summed E-state index contributed by atoms with van der Waals surface area (Å²) in [5.74, 6) is -0.342. The number of aryl methyl sites for hydroxylation is 1. The summed E-state index contributed by atoms with van der Waals surface area (Å²) < 4.78 is 47.6. The van der Waals surface area contributed by atoms with E-state index in [9.17, 15) is 23.3 Å². The van der Waals surface area contributed by atoms with E-state index in [0.29, 0.717) is 16.9 Å². The molecule has 0 bridgehead atoms. The third-order valence-corrected chi connectivity index (χ3v) is 9.10. The average molecular weight is 589 g/mol. The number of methoxy groups -OCH3 is 2. The Balaban J connectivity index is 1.85. The molecular formula is C31H28N2O8S. The van der Waals surface area contributed by atoms with Crippen LogP contribution < -0.4 is 4.74 Å². The quantitative estimate of drug-likeness (QED) is 0.151. The monoisotopic (exact) mass is 588 g/mol. The van der Waals surface area contributed by atoms with Crippen molar-refractivity contribution in [3.8, 4) is 5.75 Å². The van der Waals surface area contributed by atoms with Gasteiger partial charge in [0.2, 0.25) is 15.6 Å². The molecule has 4 aromatic rings. The molecule has 42 heavy (non-hydrogen) atoms. The molecule has 0 amide bonds. The van der Waals surface area contributed by atoms with Gasteiger partial charge >= 0.3 is 5.97 Å². The average Bonchev–Trinajstić information content (AvgIpc) is 3.39. The SMILES string of the molecule is COC(=O)[C@@]1(c2ccc(OC)cc2)O[C@H](c2ccccc2)N(S(=O)(=O)c2ccc(C)cc2)[C@@H]1c1ccc([N+](=O)[O-])cc1. The van der Waals surface area contributed by atoms with Crippen LogP contribution in [0, 0.1) is 17.0 Å². The number of carbonyl (C=O) groups excluding carboxylic acids is 1. The van der Waals surface area contributed by atoms with Crippen molar-refractivity contribution in [3.05, 3.63) is 135 Å². The maximum atomic E-state index is 14.6. The molecule has 1 aliphatic rings. The Morgan fingerprint density at radius 3 is 2.05 bits per heavy atom. The molecule has 0 unspecified atom stereocenters. The van der Waals surface area contributed by atoms with Crippen molar-refractivity contribution in [2.24, 2.45) is 0 Å². The van der Waals surface area contributed by atoms with Crippen LogP contribution in [0.2, 0.25) is 0 Å². The van der Waals surface area contributed by atoms with Crippen LogP contribution in [0.5, 0.6) is 5.75 Å². The highest BCUT2D eigenvalue weighted by molar-refractivity contribution is 7.89. The van der Waals surface area contributed by atoms with Crippen LogP contribution in [-0.2, 0) is 29.9 Å². The second kappa shape index (κ2) is 11.4. The molecule has 5 rings (SSSR count). The lowest BCUT2D eigenvalue weighted by Crippen LogP contribution is -2.45. The number of rotatable bonds is 8. The van der Waals surface area contributed by atoms with Gasteiger partial charge in [0.1, 0.15) is 5.75 Å². The molecule has 1 fully saturated rings. The topological polar surface area (TPSA) is 125 Å². The van der Waals surface area contributed by atoms with E-state index in [1.165, 1.54) is 50.6 Å². The summed E-state index contributed by atoms with van der Waals surface area (Å²) in [6, 6.07) is 25.5. The Hall–Kier alpha value is -4.58. The molecule has 3 atom stereocenters. The van der Waals surface area contributed by atoms with E-state index < -0.39 is 38.8 Å². The van der Waals surface area contributed by atoms with Crippen LogP contribution in [0.15, 0.2) is 108 Å². The first-order valence-electron chi connectivity index (χ1n) is 12.9. The van der Waals surface area contributed by atoms with E-state index in [4.69, 9.17) is 14.2 Å². The molecule has 4 aromatic carbocycles. The molecule has 0 aromatic heterocycles. The van der Waals surface area contributed by atoms with Gasteiger partial charge < -0.3 is 14.2 Å². The summed E-state index contributed by atoms with van der Waals surface area (Å²) in [4.78, 5) is 24.9. The van der Waals surface area contributed by atoms with Gasteiger partial charge in [0.25, 0.3) is 5.69 Å². The fraction of sp³-hybridized carbons (Fsp3) is 0.194. The zero-order chi connectivity index (χ0) is 30.1. The number of hydrogen-bond acceptors (Lipinski definition) is 8. The second-order valence-electron chi connectivity index (χ2n) is 9.74. The van der Waals surface area contributed by atoms with E-state index in [0.717, 1.165) is 9.87 Å². The fourth-order valence-corrected chi connectivity index (χ4v) is 6.88. The van der Waals surface area contributed by atoms with Crippen molar-refractivity contribution in [3.63, 3.8) is 0 Å². The molecule has 10 nitrogen and oxygen atoms in total. The smallest absolute Gasteiger partial charge is 0.345 e. The molecule has 0 spiro atoms. The molecule has 0 aliphatic carbocycles. The van der Waals surface area contributed by atoms with Gasteiger partial charge in [-0.2, -0.15) is 4.31 Å². The van der Waals surface area contributed by atoms with Crippen molar-refractivity contribution >= 4 is 21.7 Å². The van der Waals surface area contributed by atoms with Crippen LogP contribution in [-0.4, -0.2) is 37.8 Å². The predicted octanol–water partition coefficient (Wildman–Crippen LogP) is 5.44. The summed E-state index contributed by atoms with van der Waals surface area (Å²) >= 11 is 0. The zero-order valence-corrected chi connectivity index (χ0v) is 23.9. The van der Waals surface area contributed by atoms with E-state index in [1.807, 2.05) is 6.92 Å². The minimum Gasteiger partial charge on any atom is -0.497 e. The van der Waals surface area contributed by atoms with Crippen molar-refractivity contribution in [1.82, 2.24) is 4.31 Å². The summed E-state index contributed by atoms with van der Waals surface area (Å²) in [6.07, 6.45) is -1.28. The third-order valence-electron chi connectivity index (χ3n) is 7.28. The standard InChI is InChI=1S/C31H28N2O8S/c1-21-9-19-27(20-10-21)42(37,38)32-28(22-11-15-25(16-12-22)33(35)36)31(30(34)40-3,24-13-17-26(39-2)18-14-24)41-29(32)23-7-5-4-6-8-23/h4-20,28-29H,1-3H3/t28-,29-,31+/m1/s1. The first-order valence-corrected chi connectivity index (χ1v) is 14.4. The van der Waals surface area contributed by atoms with E-state index >= 15 is 0 Å². The van der Waals surface area contributed by atoms with E-state index in [-0.39, 0.29) is 16.1 Å². The first kappa shape index (κ1) is 28.9. The van der Waals surface area contributed by atoms with Crippen molar-refractivity contribution in [2.75, 3.05) is 14.2 Å². The van der Waals surface area contributed by atoms with Crippen LogP contribution in [0.25, 0.3) is 0 Å². The van der Waals surface area contributed by atoms with Gasteiger partial charge in [-0.05, 0) is 47.9 Å². The van der Waals surface area contributed by atoms with Gasteiger partial charge in [0.15, 0.2) is 6.23 Å². The van der Waals surface area contributed by atoms with Gasteiger partial charge in [-0.1, -0.05) is 72.3 Å². The number of nitro groups is 1. The van der Waals surface area contributed by atoms with Gasteiger partial charge in [0.05, 0.1) is 30.1 Å². The molecule has 1 aliphatic heterocycles. The first-order chi connectivity index (χ1) is 20.1. The summed E-state index contributed by atoms with van der Waals surface area (Å²) in [6.45, 7) is 1.84. The Morgan fingerprint density at radius 1 is 0.881 bits per heavy atom. The number of sulfonamides is 1. The highest BCUT2D eigenvalue weighted by Gasteiger charge is 2.64. The molecule has 216 valence electrons. The Bertz CT molecular complexity index is 1690. The number of non-ortho nitro benzene ring substituents is 1. The van der Waals surface area contributed by atoms with Crippen molar-refractivity contribution < 1.29 is 32.3 Å².